The highest BCUT2D eigenvalue weighted by Gasteiger charge is 2.31. The van der Waals surface area contributed by atoms with Gasteiger partial charge in [0, 0.05) is 5.02 Å². The first kappa shape index (κ1) is 15.8. The van der Waals surface area contributed by atoms with Crippen LogP contribution in [0.3, 0.4) is 0 Å². The summed E-state index contributed by atoms with van der Waals surface area (Å²) in [6.07, 6.45) is 0.662. The van der Waals surface area contributed by atoms with Crippen LogP contribution in [0.5, 0.6) is 5.75 Å². The molecule has 0 saturated carbocycles. The van der Waals surface area contributed by atoms with Crippen LogP contribution in [-0.2, 0) is 4.79 Å². The molecule has 1 atom stereocenters. The number of nitrogens with one attached hydrogen (secondary N) is 1. The molecule has 2 N–H and O–H groups in total. The van der Waals surface area contributed by atoms with Crippen molar-refractivity contribution in [2.75, 3.05) is 6.61 Å². The molecule has 0 bridgehead atoms. The molecule has 0 aliphatic heterocycles. The highest BCUT2D eigenvalue weighted by molar-refractivity contribution is 6.30. The first-order valence-corrected chi connectivity index (χ1v) is 6.63. The smallest absolute Gasteiger partial charge is 0.263 e. The summed E-state index contributed by atoms with van der Waals surface area (Å²) in [7, 11) is 0. The maximum Gasteiger partial charge on any atom is 0.263 e. The van der Waals surface area contributed by atoms with Crippen molar-refractivity contribution in [3.8, 4) is 5.75 Å². The van der Waals surface area contributed by atoms with Crippen molar-refractivity contribution in [2.45, 2.75) is 38.8 Å². The summed E-state index contributed by atoms with van der Waals surface area (Å²) in [4.78, 5) is 12.1. The Balaban J connectivity index is 2.72. The van der Waals surface area contributed by atoms with Gasteiger partial charge in [0.05, 0.1) is 12.6 Å². The minimum Gasteiger partial charge on any atom is -0.478 e. The fourth-order valence-electron chi connectivity index (χ4n) is 1.51. The number of aliphatic hydroxyl groups is 1. The third-order valence-electron chi connectivity index (χ3n) is 2.76. The Hall–Kier alpha value is -1.26. The van der Waals surface area contributed by atoms with Gasteiger partial charge < -0.3 is 15.2 Å². The van der Waals surface area contributed by atoms with Crippen molar-refractivity contribution < 1.29 is 14.6 Å². The highest BCUT2D eigenvalue weighted by Crippen LogP contribution is 2.22. The SMILES string of the molecule is CCC(CO)NC(=O)C(C)(C)Oc1cccc(Cl)c1. The molecular formula is C14H20ClNO3. The number of carbonyl (C=O) groups excluding carboxylic acids is 1. The second-order valence-electron chi connectivity index (χ2n) is 4.83. The van der Waals surface area contributed by atoms with Crippen molar-refractivity contribution in [3.05, 3.63) is 29.3 Å². The van der Waals surface area contributed by atoms with Crippen LogP contribution in [0.4, 0.5) is 0 Å². The van der Waals surface area contributed by atoms with Crippen molar-refractivity contribution in [1.29, 1.82) is 0 Å². The van der Waals surface area contributed by atoms with Crippen LogP contribution in [0.15, 0.2) is 24.3 Å². The normalized spacial score (nSPS) is 12.9. The summed E-state index contributed by atoms with van der Waals surface area (Å²) >= 11 is 5.87. The van der Waals surface area contributed by atoms with Crippen LogP contribution in [0.1, 0.15) is 27.2 Å². The first-order chi connectivity index (χ1) is 8.89. The number of ether oxygens (including phenoxy) is 1. The van der Waals surface area contributed by atoms with Gasteiger partial charge in [-0.05, 0) is 38.5 Å². The van der Waals surface area contributed by atoms with E-state index in [0.717, 1.165) is 0 Å². The van der Waals surface area contributed by atoms with Crippen LogP contribution < -0.4 is 10.1 Å². The van der Waals surface area contributed by atoms with Gasteiger partial charge in [-0.2, -0.15) is 0 Å². The lowest BCUT2D eigenvalue weighted by molar-refractivity contribution is -0.135. The van der Waals surface area contributed by atoms with Gasteiger partial charge in [0.1, 0.15) is 5.75 Å². The zero-order valence-electron chi connectivity index (χ0n) is 11.4. The van der Waals surface area contributed by atoms with Crippen molar-refractivity contribution in [1.82, 2.24) is 5.32 Å². The Labute approximate surface area is 118 Å². The number of aliphatic hydroxyl groups excluding tert-OH is 1. The molecule has 1 rings (SSSR count). The third-order valence-corrected chi connectivity index (χ3v) is 3.00. The minimum absolute atomic E-state index is 0.0878. The van der Waals surface area contributed by atoms with Crippen molar-refractivity contribution in [3.63, 3.8) is 0 Å². The lowest BCUT2D eigenvalue weighted by Gasteiger charge is -2.27. The van der Waals surface area contributed by atoms with E-state index in [2.05, 4.69) is 5.32 Å². The van der Waals surface area contributed by atoms with Gasteiger partial charge in [-0.1, -0.05) is 24.6 Å². The molecule has 19 heavy (non-hydrogen) atoms. The summed E-state index contributed by atoms with van der Waals surface area (Å²) in [5.41, 5.74) is -1.03. The average molecular weight is 286 g/mol. The Morgan fingerprint density at radius 2 is 2.21 bits per heavy atom. The molecule has 0 aliphatic rings. The largest absolute Gasteiger partial charge is 0.478 e. The minimum atomic E-state index is -1.03. The number of rotatable bonds is 6. The van der Waals surface area contributed by atoms with Crippen molar-refractivity contribution in [2.24, 2.45) is 0 Å². The van der Waals surface area contributed by atoms with Crippen LogP contribution in [-0.4, -0.2) is 29.3 Å². The topological polar surface area (TPSA) is 58.6 Å². The molecule has 5 heteroatoms. The summed E-state index contributed by atoms with van der Waals surface area (Å²) in [6, 6.07) is 6.63. The molecule has 0 saturated heterocycles. The molecule has 0 aliphatic carbocycles. The number of benzene rings is 1. The molecule has 106 valence electrons. The monoisotopic (exact) mass is 285 g/mol. The van der Waals surface area contributed by atoms with Gasteiger partial charge in [-0.15, -0.1) is 0 Å². The standard InChI is InChI=1S/C14H20ClNO3/c1-4-11(9-17)16-13(18)14(2,3)19-12-7-5-6-10(15)8-12/h5-8,11,17H,4,9H2,1-3H3,(H,16,18). The molecule has 0 fully saturated rings. The molecule has 1 aromatic rings. The van der Waals surface area contributed by atoms with Crippen LogP contribution in [0.2, 0.25) is 5.02 Å². The Bertz CT molecular complexity index is 430. The van der Waals surface area contributed by atoms with Gasteiger partial charge >= 0.3 is 0 Å². The Morgan fingerprint density at radius 3 is 2.74 bits per heavy atom. The maximum atomic E-state index is 12.1. The van der Waals surface area contributed by atoms with Gasteiger partial charge in [-0.25, -0.2) is 0 Å². The summed E-state index contributed by atoms with van der Waals surface area (Å²) in [5, 5.41) is 12.4. The predicted octanol–water partition coefficient (Wildman–Crippen LogP) is 2.38. The number of halogens is 1. The second kappa shape index (κ2) is 6.78. The van der Waals surface area contributed by atoms with E-state index in [0.29, 0.717) is 17.2 Å². The molecule has 1 amide bonds. The van der Waals surface area contributed by atoms with Gasteiger partial charge in [0.25, 0.3) is 5.91 Å². The molecule has 0 heterocycles. The number of hydrogen-bond acceptors (Lipinski definition) is 3. The lowest BCUT2D eigenvalue weighted by atomic mass is 10.1. The van der Waals surface area contributed by atoms with E-state index >= 15 is 0 Å². The quantitative estimate of drug-likeness (QED) is 0.844. The Morgan fingerprint density at radius 1 is 1.53 bits per heavy atom. The van der Waals surface area contributed by atoms with E-state index in [4.69, 9.17) is 21.4 Å². The first-order valence-electron chi connectivity index (χ1n) is 6.25. The second-order valence-corrected chi connectivity index (χ2v) is 5.27. The average Bonchev–Trinajstić information content (AvgIpc) is 2.35. The molecule has 0 aromatic heterocycles. The molecular weight excluding hydrogens is 266 g/mol. The van der Waals surface area contributed by atoms with E-state index in [1.807, 2.05) is 6.92 Å². The number of carbonyl (C=O) groups is 1. The van der Waals surface area contributed by atoms with Gasteiger partial charge in [0.2, 0.25) is 0 Å². The van der Waals surface area contributed by atoms with Crippen molar-refractivity contribution >= 4 is 17.5 Å². The third kappa shape index (κ3) is 4.73. The van der Waals surface area contributed by atoms with Gasteiger partial charge in [-0.3, -0.25) is 4.79 Å². The lowest BCUT2D eigenvalue weighted by Crippen LogP contribution is -2.50. The van der Waals surface area contributed by atoms with Crippen LogP contribution in [0, 0.1) is 0 Å². The summed E-state index contributed by atoms with van der Waals surface area (Å²) in [6.45, 7) is 5.15. The summed E-state index contributed by atoms with van der Waals surface area (Å²) in [5.74, 6) is 0.262. The fraction of sp³-hybridized carbons (Fsp3) is 0.500. The number of amides is 1. The summed E-state index contributed by atoms with van der Waals surface area (Å²) < 4.78 is 5.66. The molecule has 1 unspecified atom stereocenters. The zero-order valence-corrected chi connectivity index (χ0v) is 12.2. The van der Waals surface area contributed by atoms with E-state index in [-0.39, 0.29) is 18.6 Å². The molecule has 0 radical (unpaired) electrons. The number of hydrogen-bond donors (Lipinski definition) is 2. The molecule has 1 aromatic carbocycles. The fourth-order valence-corrected chi connectivity index (χ4v) is 1.69. The van der Waals surface area contributed by atoms with E-state index < -0.39 is 5.60 Å². The van der Waals surface area contributed by atoms with Gasteiger partial charge in [0.15, 0.2) is 5.60 Å². The highest BCUT2D eigenvalue weighted by atomic mass is 35.5. The Kier molecular flexibility index (Phi) is 5.63. The van der Waals surface area contributed by atoms with E-state index in [1.165, 1.54) is 0 Å². The molecule has 0 spiro atoms. The maximum absolute atomic E-state index is 12.1. The predicted molar refractivity (Wildman–Crippen MR) is 75.5 cm³/mol. The van der Waals surface area contributed by atoms with Crippen LogP contribution >= 0.6 is 11.6 Å². The van der Waals surface area contributed by atoms with E-state index in [1.54, 1.807) is 38.1 Å². The zero-order chi connectivity index (χ0) is 14.5. The van der Waals surface area contributed by atoms with Crippen LogP contribution in [0.25, 0.3) is 0 Å². The molecule has 4 nitrogen and oxygen atoms in total. The van der Waals surface area contributed by atoms with E-state index in [9.17, 15) is 4.79 Å².